The summed E-state index contributed by atoms with van der Waals surface area (Å²) >= 11 is 0. The molecule has 0 aliphatic carbocycles. The van der Waals surface area contributed by atoms with Crippen molar-refractivity contribution in [3.8, 4) is 5.75 Å². The predicted molar refractivity (Wildman–Crippen MR) is 99.4 cm³/mol. The first-order chi connectivity index (χ1) is 12.6. The normalized spacial score (nSPS) is 11.9. The third-order valence-electron chi connectivity index (χ3n) is 3.60. The number of benzene rings is 1. The van der Waals surface area contributed by atoms with Gasteiger partial charge in [0.15, 0.2) is 0 Å². The lowest BCUT2D eigenvalue weighted by Crippen LogP contribution is -2.44. The van der Waals surface area contributed by atoms with Gasteiger partial charge in [0.25, 0.3) is 0 Å². The van der Waals surface area contributed by atoms with Crippen LogP contribution in [0.3, 0.4) is 0 Å². The Labute approximate surface area is 159 Å². The minimum Gasteiger partial charge on any atom is -0.497 e. The van der Waals surface area contributed by atoms with E-state index in [1.807, 2.05) is 0 Å². The number of rotatable bonds is 7. The first-order valence-electron chi connectivity index (χ1n) is 8.53. The Kier molecular flexibility index (Phi) is 8.08. The number of amides is 2. The fraction of sp³-hybridized carbons (Fsp3) is 0.526. The number of ether oxygens (including phenoxy) is 3. The molecular weight excluding hydrogens is 352 g/mol. The van der Waals surface area contributed by atoms with Gasteiger partial charge in [0.2, 0.25) is 5.91 Å². The van der Waals surface area contributed by atoms with Crippen LogP contribution < -0.4 is 10.1 Å². The molecule has 0 aliphatic heterocycles. The van der Waals surface area contributed by atoms with Gasteiger partial charge in [-0.15, -0.1) is 0 Å². The van der Waals surface area contributed by atoms with Crippen molar-refractivity contribution >= 4 is 18.0 Å². The van der Waals surface area contributed by atoms with E-state index in [-0.39, 0.29) is 13.0 Å². The van der Waals surface area contributed by atoms with E-state index in [1.54, 1.807) is 52.1 Å². The van der Waals surface area contributed by atoms with Gasteiger partial charge in [-0.1, -0.05) is 12.1 Å². The van der Waals surface area contributed by atoms with Crippen molar-refractivity contribution in [3.05, 3.63) is 29.8 Å². The molecule has 0 heterocycles. The lowest BCUT2D eigenvalue weighted by atomic mass is 10.0. The smallest absolute Gasteiger partial charge is 0.410 e. The molecule has 0 aromatic heterocycles. The number of esters is 1. The van der Waals surface area contributed by atoms with Gasteiger partial charge in [0.1, 0.15) is 17.4 Å². The lowest BCUT2D eigenvalue weighted by molar-refractivity contribution is -0.140. The van der Waals surface area contributed by atoms with Crippen molar-refractivity contribution < 1.29 is 28.6 Å². The van der Waals surface area contributed by atoms with Gasteiger partial charge in [-0.3, -0.25) is 14.5 Å². The Morgan fingerprint density at radius 2 is 1.70 bits per heavy atom. The molecule has 8 heteroatoms. The second-order valence-electron chi connectivity index (χ2n) is 6.88. The summed E-state index contributed by atoms with van der Waals surface area (Å²) in [7, 11) is 4.31. The Morgan fingerprint density at radius 3 is 2.19 bits per heavy atom. The van der Waals surface area contributed by atoms with Gasteiger partial charge in [-0.25, -0.2) is 4.79 Å². The number of hydrogen-bond acceptors (Lipinski definition) is 6. The van der Waals surface area contributed by atoms with Crippen LogP contribution in [-0.2, 0) is 19.1 Å². The number of nitrogens with zero attached hydrogens (tertiary/aromatic N) is 1. The second-order valence-corrected chi connectivity index (χ2v) is 6.88. The Bertz CT molecular complexity index is 651. The van der Waals surface area contributed by atoms with Crippen molar-refractivity contribution in [2.45, 2.75) is 38.8 Å². The van der Waals surface area contributed by atoms with Crippen molar-refractivity contribution in [2.24, 2.45) is 0 Å². The standard InChI is InChI=1S/C19H28N2O6/c1-19(2,3)27-18(24)21(4)16(13-7-9-14(25-5)10-8-13)17(23)20-12-11-15(22)26-6/h7-10,16H,11-12H2,1-6H3,(H,20,23)/t16-/m0/s1. The summed E-state index contributed by atoms with van der Waals surface area (Å²) in [5.41, 5.74) is -0.114. The first kappa shape index (κ1) is 22.3. The van der Waals surface area contributed by atoms with Crippen LogP contribution in [0.4, 0.5) is 4.79 Å². The minimum absolute atomic E-state index is 0.0354. The molecule has 2 amide bonds. The average molecular weight is 380 g/mol. The van der Waals surface area contributed by atoms with E-state index >= 15 is 0 Å². The summed E-state index contributed by atoms with van der Waals surface area (Å²) in [5, 5.41) is 2.65. The van der Waals surface area contributed by atoms with Crippen molar-refractivity contribution in [2.75, 3.05) is 27.8 Å². The Balaban J connectivity index is 3.01. The molecule has 1 atom stereocenters. The third kappa shape index (κ3) is 7.16. The highest BCUT2D eigenvalue weighted by atomic mass is 16.6. The van der Waals surface area contributed by atoms with Gasteiger partial charge in [-0.2, -0.15) is 0 Å². The highest BCUT2D eigenvalue weighted by molar-refractivity contribution is 5.87. The SMILES string of the molecule is COC(=O)CCNC(=O)[C@H](c1ccc(OC)cc1)N(C)C(=O)OC(C)(C)C. The number of hydrogen-bond donors (Lipinski definition) is 1. The number of methoxy groups -OCH3 is 2. The molecule has 1 N–H and O–H groups in total. The van der Waals surface area contributed by atoms with E-state index in [4.69, 9.17) is 9.47 Å². The first-order valence-corrected chi connectivity index (χ1v) is 8.53. The highest BCUT2D eigenvalue weighted by Gasteiger charge is 2.31. The maximum atomic E-state index is 12.7. The van der Waals surface area contributed by atoms with Gasteiger partial charge in [0.05, 0.1) is 20.6 Å². The maximum Gasteiger partial charge on any atom is 0.410 e. The number of carbonyl (C=O) groups excluding carboxylic acids is 3. The van der Waals surface area contributed by atoms with E-state index in [1.165, 1.54) is 19.1 Å². The Hall–Kier alpha value is -2.77. The number of likely N-dealkylation sites (N-methyl/N-ethyl adjacent to an activating group) is 1. The van der Waals surface area contributed by atoms with Crippen LogP contribution in [-0.4, -0.2) is 56.3 Å². The second kappa shape index (κ2) is 9.80. The van der Waals surface area contributed by atoms with Crippen LogP contribution in [0.25, 0.3) is 0 Å². The molecule has 0 aliphatic rings. The topological polar surface area (TPSA) is 94.2 Å². The minimum atomic E-state index is -0.927. The molecule has 1 rings (SSSR count). The predicted octanol–water partition coefficient (Wildman–Crippen LogP) is 2.28. The summed E-state index contributed by atoms with van der Waals surface area (Å²) in [5.74, 6) is -0.238. The van der Waals surface area contributed by atoms with E-state index < -0.39 is 29.6 Å². The summed E-state index contributed by atoms with van der Waals surface area (Å²) < 4.78 is 15.0. The van der Waals surface area contributed by atoms with Crippen molar-refractivity contribution in [3.63, 3.8) is 0 Å². The molecule has 0 radical (unpaired) electrons. The number of carbonyl (C=O) groups is 3. The molecular formula is C19H28N2O6. The van der Waals surface area contributed by atoms with Crippen LogP contribution in [0.2, 0.25) is 0 Å². The molecule has 1 aromatic rings. The monoisotopic (exact) mass is 380 g/mol. The van der Waals surface area contributed by atoms with Gasteiger partial charge in [-0.05, 0) is 38.5 Å². The lowest BCUT2D eigenvalue weighted by Gasteiger charge is -2.30. The summed E-state index contributed by atoms with van der Waals surface area (Å²) in [6.45, 7) is 5.34. The summed E-state index contributed by atoms with van der Waals surface area (Å²) in [4.78, 5) is 37.6. The molecule has 0 saturated heterocycles. The third-order valence-corrected chi connectivity index (χ3v) is 3.60. The molecule has 8 nitrogen and oxygen atoms in total. The van der Waals surface area contributed by atoms with Crippen LogP contribution >= 0.6 is 0 Å². The van der Waals surface area contributed by atoms with Crippen LogP contribution in [0, 0.1) is 0 Å². The summed E-state index contributed by atoms with van der Waals surface area (Å²) in [6.07, 6.45) is -0.597. The molecule has 0 saturated carbocycles. The van der Waals surface area contributed by atoms with E-state index in [0.717, 1.165) is 0 Å². The fourth-order valence-electron chi connectivity index (χ4n) is 2.26. The molecule has 1 aromatic carbocycles. The van der Waals surface area contributed by atoms with Crippen LogP contribution in [0.1, 0.15) is 38.8 Å². The number of nitrogens with one attached hydrogen (secondary N) is 1. The highest BCUT2D eigenvalue weighted by Crippen LogP contribution is 2.24. The zero-order chi connectivity index (χ0) is 20.6. The molecule has 150 valence electrons. The van der Waals surface area contributed by atoms with E-state index in [0.29, 0.717) is 11.3 Å². The molecule has 0 fully saturated rings. The summed E-state index contributed by atoms with van der Waals surface area (Å²) in [6, 6.07) is 5.87. The van der Waals surface area contributed by atoms with Gasteiger partial charge >= 0.3 is 12.1 Å². The van der Waals surface area contributed by atoms with Crippen LogP contribution in [0.5, 0.6) is 5.75 Å². The molecule has 0 unspecified atom stereocenters. The quantitative estimate of drug-likeness (QED) is 0.730. The van der Waals surface area contributed by atoms with Gasteiger partial charge in [0, 0.05) is 13.6 Å². The molecule has 0 spiro atoms. The van der Waals surface area contributed by atoms with Crippen LogP contribution in [0.15, 0.2) is 24.3 Å². The van der Waals surface area contributed by atoms with Crippen molar-refractivity contribution in [1.29, 1.82) is 0 Å². The van der Waals surface area contributed by atoms with E-state index in [2.05, 4.69) is 10.1 Å². The zero-order valence-electron chi connectivity index (χ0n) is 16.7. The molecule has 27 heavy (non-hydrogen) atoms. The largest absolute Gasteiger partial charge is 0.497 e. The Morgan fingerprint density at radius 1 is 1.11 bits per heavy atom. The van der Waals surface area contributed by atoms with Gasteiger partial charge < -0.3 is 19.5 Å². The fourth-order valence-corrected chi connectivity index (χ4v) is 2.26. The van der Waals surface area contributed by atoms with Crippen molar-refractivity contribution in [1.82, 2.24) is 10.2 Å². The molecule has 0 bridgehead atoms. The maximum absolute atomic E-state index is 12.7. The average Bonchev–Trinajstić information content (AvgIpc) is 2.60. The van der Waals surface area contributed by atoms with E-state index in [9.17, 15) is 14.4 Å². The zero-order valence-corrected chi connectivity index (χ0v) is 16.7.